The van der Waals surface area contributed by atoms with Crippen LogP contribution in [-0.4, -0.2) is 38.2 Å². The van der Waals surface area contributed by atoms with Gasteiger partial charge < -0.3 is 4.90 Å². The molecule has 0 amide bonds. The van der Waals surface area contributed by atoms with Crippen LogP contribution in [0.2, 0.25) is 0 Å². The van der Waals surface area contributed by atoms with E-state index in [0.717, 1.165) is 13.1 Å². The first-order valence-corrected chi connectivity index (χ1v) is 12.6. The summed E-state index contributed by atoms with van der Waals surface area (Å²) in [6, 6.07) is 6.61. The molecule has 0 radical (unpaired) electrons. The number of benzene rings is 1. The van der Waals surface area contributed by atoms with Crippen molar-refractivity contribution in [3.8, 4) is 0 Å². The molecule has 1 N–H and O–H groups in total. The summed E-state index contributed by atoms with van der Waals surface area (Å²) in [7, 11) is -3.30. The number of piperidine rings is 1. The molecule has 0 spiro atoms. The highest BCUT2D eigenvalue weighted by atomic mass is 32.2. The molecule has 1 aliphatic rings. The van der Waals surface area contributed by atoms with Crippen molar-refractivity contribution < 1.29 is 8.42 Å². The topological polar surface area (TPSA) is 49.4 Å². The number of nitrogens with one attached hydrogen (secondary N) is 1. The van der Waals surface area contributed by atoms with E-state index in [2.05, 4.69) is 28.8 Å². The van der Waals surface area contributed by atoms with Gasteiger partial charge in [-0.25, -0.2) is 8.42 Å². The van der Waals surface area contributed by atoms with Crippen molar-refractivity contribution in [3.05, 3.63) is 29.1 Å². The van der Waals surface area contributed by atoms with Gasteiger partial charge in [0.05, 0.1) is 5.75 Å². The van der Waals surface area contributed by atoms with Crippen LogP contribution in [0, 0.1) is 5.92 Å². The van der Waals surface area contributed by atoms with E-state index in [1.807, 2.05) is 32.0 Å². The average Bonchev–Trinajstić information content (AvgIpc) is 3.02. The molecule has 1 atom stereocenters. The molecule has 2 heterocycles. The van der Waals surface area contributed by atoms with Crippen LogP contribution >= 0.6 is 11.3 Å². The molecular weight excluding hydrogens is 376 g/mol. The summed E-state index contributed by atoms with van der Waals surface area (Å²) in [5.74, 6) is 0.829. The molecule has 27 heavy (non-hydrogen) atoms. The number of hydrogen-bond acceptors (Lipinski definition) is 4. The summed E-state index contributed by atoms with van der Waals surface area (Å²) in [5, 5.41) is 3.49. The first-order chi connectivity index (χ1) is 12.8. The predicted octanol–water partition coefficient (Wildman–Crippen LogP) is 5.28. The van der Waals surface area contributed by atoms with Gasteiger partial charge in [0, 0.05) is 16.4 Å². The van der Waals surface area contributed by atoms with E-state index in [0.29, 0.717) is 17.6 Å². The van der Waals surface area contributed by atoms with Crippen molar-refractivity contribution in [2.75, 3.05) is 23.6 Å². The fourth-order valence-corrected chi connectivity index (χ4v) is 6.47. The zero-order chi connectivity index (χ0) is 19.6. The molecule has 1 saturated heterocycles. The third kappa shape index (κ3) is 5.04. The third-order valence-corrected chi connectivity index (χ3v) is 8.25. The molecule has 1 fully saturated rings. The van der Waals surface area contributed by atoms with E-state index >= 15 is 0 Å². The second kappa shape index (κ2) is 8.50. The molecule has 1 aromatic carbocycles. The largest absolute Gasteiger partial charge is 0.301 e. The standard InChI is InChI=1S/C21H32N2O2S2/c1-5-16(4)23-10-8-17(9-11-23)20-13-26-21-7-6-18(12-19(20)21)22-27(24,25)14-15(2)3/h6-7,12-13,15-17,22H,5,8-11,14H2,1-4H3. The molecule has 1 unspecified atom stereocenters. The van der Waals surface area contributed by atoms with Crippen molar-refractivity contribution in [2.45, 2.75) is 58.9 Å². The molecule has 0 aliphatic carbocycles. The molecule has 0 bridgehead atoms. The highest BCUT2D eigenvalue weighted by Gasteiger charge is 2.25. The lowest BCUT2D eigenvalue weighted by molar-refractivity contribution is 0.159. The maximum absolute atomic E-state index is 12.3. The minimum atomic E-state index is -3.30. The smallest absolute Gasteiger partial charge is 0.232 e. The van der Waals surface area contributed by atoms with Crippen LogP contribution in [0.1, 0.15) is 58.4 Å². The molecule has 4 nitrogen and oxygen atoms in total. The molecule has 150 valence electrons. The van der Waals surface area contributed by atoms with Crippen molar-refractivity contribution >= 4 is 37.1 Å². The Morgan fingerprint density at radius 2 is 1.93 bits per heavy atom. The Bertz CT molecular complexity index is 865. The third-order valence-electron chi connectivity index (χ3n) is 5.61. The Morgan fingerprint density at radius 1 is 1.22 bits per heavy atom. The van der Waals surface area contributed by atoms with Crippen molar-refractivity contribution in [3.63, 3.8) is 0 Å². The minimum absolute atomic E-state index is 0.110. The number of sulfonamides is 1. The van der Waals surface area contributed by atoms with E-state index in [1.165, 1.54) is 34.9 Å². The molecular formula is C21H32N2O2S2. The van der Waals surface area contributed by atoms with Gasteiger partial charge in [-0.15, -0.1) is 11.3 Å². The van der Waals surface area contributed by atoms with Crippen molar-refractivity contribution in [1.29, 1.82) is 0 Å². The lowest BCUT2D eigenvalue weighted by atomic mass is 9.88. The zero-order valence-electron chi connectivity index (χ0n) is 16.9. The Balaban J connectivity index is 1.78. The van der Waals surface area contributed by atoms with Gasteiger partial charge in [0.15, 0.2) is 0 Å². The highest BCUT2D eigenvalue weighted by molar-refractivity contribution is 7.92. The van der Waals surface area contributed by atoms with Crippen LogP contribution in [0.15, 0.2) is 23.6 Å². The van der Waals surface area contributed by atoms with E-state index < -0.39 is 10.0 Å². The zero-order valence-corrected chi connectivity index (χ0v) is 18.5. The molecule has 3 rings (SSSR count). The molecule has 2 aromatic rings. The van der Waals surface area contributed by atoms with Gasteiger partial charge in [-0.1, -0.05) is 20.8 Å². The normalized spacial score (nSPS) is 18.3. The fraction of sp³-hybridized carbons (Fsp3) is 0.619. The Hall–Kier alpha value is -1.11. The Morgan fingerprint density at radius 3 is 2.56 bits per heavy atom. The van der Waals surface area contributed by atoms with Gasteiger partial charge >= 0.3 is 0 Å². The van der Waals surface area contributed by atoms with Gasteiger partial charge in [0.1, 0.15) is 0 Å². The van der Waals surface area contributed by atoms with Crippen LogP contribution < -0.4 is 4.72 Å². The summed E-state index contributed by atoms with van der Waals surface area (Å²) in [6.07, 6.45) is 3.56. The van der Waals surface area contributed by atoms with Gasteiger partial charge in [-0.3, -0.25) is 4.72 Å². The average molecular weight is 409 g/mol. The second-order valence-electron chi connectivity index (χ2n) is 8.25. The number of hydrogen-bond donors (Lipinski definition) is 1. The number of rotatable bonds is 7. The SMILES string of the molecule is CCC(C)N1CCC(c2csc3ccc(NS(=O)(=O)CC(C)C)cc23)CC1. The molecule has 6 heteroatoms. The Labute approximate surface area is 168 Å². The van der Waals surface area contributed by atoms with Crippen LogP contribution in [0.25, 0.3) is 10.1 Å². The summed E-state index contributed by atoms with van der Waals surface area (Å²) < 4.78 is 28.6. The number of likely N-dealkylation sites (tertiary alicyclic amines) is 1. The van der Waals surface area contributed by atoms with E-state index in [4.69, 9.17) is 0 Å². The fourth-order valence-electron chi connectivity index (χ4n) is 4.00. The molecule has 1 aromatic heterocycles. The quantitative estimate of drug-likeness (QED) is 0.678. The first kappa shape index (κ1) is 20.6. The summed E-state index contributed by atoms with van der Waals surface area (Å²) in [5.41, 5.74) is 2.07. The van der Waals surface area contributed by atoms with Crippen LogP contribution in [0.4, 0.5) is 5.69 Å². The van der Waals surface area contributed by atoms with E-state index in [-0.39, 0.29) is 11.7 Å². The minimum Gasteiger partial charge on any atom is -0.301 e. The first-order valence-electron chi connectivity index (χ1n) is 10.0. The maximum atomic E-state index is 12.3. The van der Waals surface area contributed by atoms with E-state index in [1.54, 1.807) is 11.3 Å². The van der Waals surface area contributed by atoms with Crippen LogP contribution in [0.5, 0.6) is 0 Å². The van der Waals surface area contributed by atoms with Gasteiger partial charge in [-0.2, -0.15) is 0 Å². The number of thiophene rings is 1. The van der Waals surface area contributed by atoms with Crippen molar-refractivity contribution in [1.82, 2.24) is 4.90 Å². The lowest BCUT2D eigenvalue weighted by Crippen LogP contribution is -2.39. The second-order valence-corrected chi connectivity index (χ2v) is 10.9. The molecule has 1 aliphatic heterocycles. The molecule has 0 saturated carbocycles. The lowest BCUT2D eigenvalue weighted by Gasteiger charge is -2.35. The highest BCUT2D eigenvalue weighted by Crippen LogP contribution is 2.38. The van der Waals surface area contributed by atoms with Gasteiger partial charge in [0.2, 0.25) is 10.0 Å². The van der Waals surface area contributed by atoms with Crippen LogP contribution in [0.3, 0.4) is 0 Å². The number of anilines is 1. The summed E-state index contributed by atoms with van der Waals surface area (Å²) in [4.78, 5) is 2.59. The number of nitrogens with zero attached hydrogens (tertiary/aromatic N) is 1. The predicted molar refractivity (Wildman–Crippen MR) is 117 cm³/mol. The Kier molecular flexibility index (Phi) is 6.49. The number of fused-ring (bicyclic) bond motifs is 1. The van der Waals surface area contributed by atoms with Crippen molar-refractivity contribution in [2.24, 2.45) is 5.92 Å². The summed E-state index contributed by atoms with van der Waals surface area (Å²) in [6.45, 7) is 10.7. The maximum Gasteiger partial charge on any atom is 0.232 e. The van der Waals surface area contributed by atoms with Gasteiger partial charge in [0.25, 0.3) is 0 Å². The monoisotopic (exact) mass is 408 g/mol. The summed E-state index contributed by atoms with van der Waals surface area (Å²) >= 11 is 1.77. The van der Waals surface area contributed by atoms with Crippen LogP contribution in [-0.2, 0) is 10.0 Å². The van der Waals surface area contributed by atoms with E-state index in [9.17, 15) is 8.42 Å². The van der Waals surface area contributed by atoms with Gasteiger partial charge in [-0.05, 0) is 85.6 Å².